The van der Waals surface area contributed by atoms with Gasteiger partial charge in [0.1, 0.15) is 6.10 Å². The van der Waals surface area contributed by atoms with Gasteiger partial charge in [0.2, 0.25) is 5.69 Å². The van der Waals surface area contributed by atoms with Crippen molar-refractivity contribution >= 4 is 23.3 Å². The van der Waals surface area contributed by atoms with Crippen LogP contribution in [0.5, 0.6) is 5.88 Å². The van der Waals surface area contributed by atoms with E-state index in [1.165, 1.54) is 0 Å². The number of aromatic nitrogens is 3. The number of piperidine rings is 1. The van der Waals surface area contributed by atoms with Gasteiger partial charge in [-0.3, -0.25) is 0 Å². The third-order valence-corrected chi connectivity index (χ3v) is 3.89. The Morgan fingerprint density at radius 1 is 1.32 bits per heavy atom. The van der Waals surface area contributed by atoms with Gasteiger partial charge in [0, 0.05) is 36.6 Å². The zero-order valence-electron chi connectivity index (χ0n) is 11.7. The molecule has 2 aromatic rings. The summed E-state index contributed by atoms with van der Waals surface area (Å²) in [7, 11) is 0. The number of carbonyl (C=O) groups is 1. The molecule has 7 nitrogen and oxygen atoms in total. The number of aromatic carboxylic acids is 1. The van der Waals surface area contributed by atoms with E-state index < -0.39 is 5.97 Å². The number of carboxylic acids is 1. The molecule has 1 aliphatic heterocycles. The topological polar surface area (TPSA) is 91.3 Å². The quantitative estimate of drug-likeness (QED) is 0.896. The molecule has 0 saturated carbocycles. The molecule has 0 unspecified atom stereocenters. The van der Waals surface area contributed by atoms with Crippen LogP contribution in [0.3, 0.4) is 0 Å². The molecule has 1 saturated heterocycles. The summed E-state index contributed by atoms with van der Waals surface area (Å²) < 4.78 is 5.66. The number of ether oxygens (including phenoxy) is 1. The monoisotopic (exact) mass is 322 g/mol. The van der Waals surface area contributed by atoms with Gasteiger partial charge < -0.3 is 14.7 Å². The molecule has 0 atom stereocenters. The fourth-order valence-electron chi connectivity index (χ4n) is 2.48. The predicted molar refractivity (Wildman–Crippen MR) is 80.7 cm³/mol. The standard InChI is InChI=1S/C14H15ClN4O3/c15-9-1-3-10(4-2-9)19-7-5-11(6-8-19)22-13-12(14(20)21)16-18-17-13/h1-4,11H,5-8H2,(H,20,21)(H,16,17,18). The Hall–Kier alpha value is -2.28. The van der Waals surface area contributed by atoms with Crippen LogP contribution in [0.25, 0.3) is 0 Å². The van der Waals surface area contributed by atoms with E-state index >= 15 is 0 Å². The van der Waals surface area contributed by atoms with Crippen LogP contribution in [-0.2, 0) is 0 Å². The normalized spacial score (nSPS) is 15.8. The molecule has 3 rings (SSSR count). The Bertz CT molecular complexity index is 650. The molecule has 0 aliphatic carbocycles. The summed E-state index contributed by atoms with van der Waals surface area (Å²) in [6, 6.07) is 7.72. The minimum absolute atomic E-state index is 0.0532. The van der Waals surface area contributed by atoms with Gasteiger partial charge in [-0.15, -0.1) is 0 Å². The van der Waals surface area contributed by atoms with Gasteiger partial charge >= 0.3 is 5.97 Å². The van der Waals surface area contributed by atoms with E-state index in [4.69, 9.17) is 21.4 Å². The molecule has 8 heteroatoms. The van der Waals surface area contributed by atoms with Crippen LogP contribution in [0, 0.1) is 0 Å². The van der Waals surface area contributed by atoms with E-state index in [-0.39, 0.29) is 17.7 Å². The van der Waals surface area contributed by atoms with Crippen LogP contribution in [0.1, 0.15) is 23.3 Å². The predicted octanol–water partition coefficient (Wildman–Crippen LogP) is 2.20. The summed E-state index contributed by atoms with van der Waals surface area (Å²) in [5.74, 6) is -1.07. The zero-order valence-corrected chi connectivity index (χ0v) is 12.5. The minimum Gasteiger partial charge on any atom is -0.476 e. The first-order valence-electron chi connectivity index (χ1n) is 6.95. The summed E-state index contributed by atoms with van der Waals surface area (Å²) >= 11 is 5.89. The molecule has 1 aromatic carbocycles. The number of aromatic amines is 1. The number of benzene rings is 1. The molecule has 0 bridgehead atoms. The van der Waals surface area contributed by atoms with Crippen molar-refractivity contribution < 1.29 is 14.6 Å². The number of H-pyrrole nitrogens is 1. The molecular weight excluding hydrogens is 308 g/mol. The van der Waals surface area contributed by atoms with E-state index in [1.54, 1.807) is 0 Å². The molecule has 22 heavy (non-hydrogen) atoms. The fraction of sp³-hybridized carbons (Fsp3) is 0.357. The number of nitrogens with one attached hydrogen (secondary N) is 1. The Morgan fingerprint density at radius 2 is 2.00 bits per heavy atom. The molecule has 2 heterocycles. The molecule has 1 aromatic heterocycles. The largest absolute Gasteiger partial charge is 0.476 e. The number of hydrogen-bond acceptors (Lipinski definition) is 5. The molecular formula is C14H15ClN4O3. The summed E-state index contributed by atoms with van der Waals surface area (Å²) in [6.45, 7) is 1.65. The lowest BCUT2D eigenvalue weighted by molar-refractivity contribution is 0.0680. The van der Waals surface area contributed by atoms with Crippen LogP contribution in [0.4, 0.5) is 5.69 Å². The zero-order chi connectivity index (χ0) is 15.5. The van der Waals surface area contributed by atoms with Gasteiger partial charge in [-0.2, -0.15) is 0 Å². The van der Waals surface area contributed by atoms with E-state index in [0.717, 1.165) is 31.6 Å². The Morgan fingerprint density at radius 3 is 2.64 bits per heavy atom. The van der Waals surface area contributed by atoms with Gasteiger partial charge in [0.15, 0.2) is 0 Å². The molecule has 2 N–H and O–H groups in total. The van der Waals surface area contributed by atoms with Crippen LogP contribution >= 0.6 is 11.6 Å². The summed E-state index contributed by atoms with van der Waals surface area (Å²) in [4.78, 5) is 13.2. The Kier molecular flexibility index (Phi) is 4.15. The van der Waals surface area contributed by atoms with Crippen molar-refractivity contribution in [3.8, 4) is 5.88 Å². The summed E-state index contributed by atoms with van der Waals surface area (Å²) in [5, 5.41) is 19.2. The Balaban J connectivity index is 1.59. The highest BCUT2D eigenvalue weighted by atomic mass is 35.5. The number of hydrogen-bond donors (Lipinski definition) is 2. The highest BCUT2D eigenvalue weighted by Crippen LogP contribution is 2.24. The van der Waals surface area contributed by atoms with E-state index in [0.29, 0.717) is 5.02 Å². The van der Waals surface area contributed by atoms with Crippen molar-refractivity contribution in [2.45, 2.75) is 18.9 Å². The smallest absolute Gasteiger partial charge is 0.359 e. The van der Waals surface area contributed by atoms with Gasteiger partial charge in [-0.1, -0.05) is 21.9 Å². The van der Waals surface area contributed by atoms with Crippen LogP contribution < -0.4 is 9.64 Å². The highest BCUT2D eigenvalue weighted by molar-refractivity contribution is 6.30. The minimum atomic E-state index is -1.13. The van der Waals surface area contributed by atoms with Crippen molar-refractivity contribution in [3.05, 3.63) is 35.0 Å². The molecule has 1 fully saturated rings. The van der Waals surface area contributed by atoms with Crippen molar-refractivity contribution in [2.24, 2.45) is 0 Å². The molecule has 0 spiro atoms. The molecule has 1 aliphatic rings. The number of nitrogens with zero attached hydrogens (tertiary/aromatic N) is 3. The molecule has 0 amide bonds. The third kappa shape index (κ3) is 3.14. The molecule has 0 radical (unpaired) electrons. The summed E-state index contributed by atoms with van der Waals surface area (Å²) in [6.07, 6.45) is 1.51. The Labute approximate surface area is 131 Å². The first kappa shape index (κ1) is 14.6. The lowest BCUT2D eigenvalue weighted by Gasteiger charge is -2.33. The van der Waals surface area contributed by atoms with Crippen LogP contribution in [0.2, 0.25) is 5.02 Å². The van der Waals surface area contributed by atoms with Crippen molar-refractivity contribution in [1.29, 1.82) is 0 Å². The number of carboxylic acid groups (broad SMARTS) is 1. The maximum absolute atomic E-state index is 11.0. The second kappa shape index (κ2) is 6.23. The number of halogens is 1. The first-order chi connectivity index (χ1) is 10.6. The fourth-order valence-corrected chi connectivity index (χ4v) is 2.61. The van der Waals surface area contributed by atoms with E-state index in [1.807, 2.05) is 24.3 Å². The SMILES string of the molecule is O=C(O)c1[nH]nnc1OC1CCN(c2ccc(Cl)cc2)CC1. The van der Waals surface area contributed by atoms with Gasteiger partial charge in [-0.25, -0.2) is 9.89 Å². The van der Waals surface area contributed by atoms with Crippen molar-refractivity contribution in [2.75, 3.05) is 18.0 Å². The highest BCUT2D eigenvalue weighted by Gasteiger charge is 2.24. The van der Waals surface area contributed by atoms with Gasteiger partial charge in [-0.05, 0) is 24.3 Å². The average Bonchev–Trinajstić information content (AvgIpc) is 2.97. The van der Waals surface area contributed by atoms with Gasteiger partial charge in [0.25, 0.3) is 5.88 Å². The van der Waals surface area contributed by atoms with Crippen molar-refractivity contribution in [3.63, 3.8) is 0 Å². The lowest BCUT2D eigenvalue weighted by atomic mass is 10.1. The van der Waals surface area contributed by atoms with Crippen LogP contribution in [0.15, 0.2) is 24.3 Å². The maximum Gasteiger partial charge on any atom is 0.359 e. The number of rotatable bonds is 4. The average molecular weight is 323 g/mol. The second-order valence-corrected chi connectivity index (χ2v) is 5.51. The second-order valence-electron chi connectivity index (χ2n) is 5.08. The van der Waals surface area contributed by atoms with Crippen molar-refractivity contribution in [1.82, 2.24) is 15.4 Å². The van der Waals surface area contributed by atoms with Gasteiger partial charge in [0.05, 0.1) is 0 Å². The van der Waals surface area contributed by atoms with E-state index in [2.05, 4.69) is 20.3 Å². The number of anilines is 1. The third-order valence-electron chi connectivity index (χ3n) is 3.64. The maximum atomic E-state index is 11.0. The van der Waals surface area contributed by atoms with E-state index in [9.17, 15) is 4.79 Å². The lowest BCUT2D eigenvalue weighted by Crippen LogP contribution is -2.38. The van der Waals surface area contributed by atoms with Crippen LogP contribution in [-0.4, -0.2) is 45.7 Å². The summed E-state index contributed by atoms with van der Waals surface area (Å²) in [5.41, 5.74) is 1.01. The molecule has 116 valence electrons. The first-order valence-corrected chi connectivity index (χ1v) is 7.33.